The Morgan fingerprint density at radius 3 is 1.28 bits per heavy atom. The van der Waals surface area contributed by atoms with Crippen LogP contribution in [0.4, 0.5) is 0 Å². The predicted octanol–water partition coefficient (Wildman–Crippen LogP) is 5.73. The molecule has 4 aromatic rings. The van der Waals surface area contributed by atoms with E-state index in [9.17, 15) is 5.11 Å². The minimum atomic E-state index is -0.820. The second-order valence-corrected chi connectivity index (χ2v) is 7.02. The van der Waals surface area contributed by atoms with Gasteiger partial charge in [0.25, 0.3) is 0 Å². The monoisotopic (exact) mass is 380 g/mol. The molecule has 0 aliphatic heterocycles. The average Bonchev–Trinajstić information content (AvgIpc) is 2.82. The zero-order valence-corrected chi connectivity index (χ0v) is 16.2. The molecule has 0 heterocycles. The van der Waals surface area contributed by atoms with Gasteiger partial charge in [-0.3, -0.25) is 0 Å². The third-order valence-electron chi connectivity index (χ3n) is 5.18. The molecule has 2 heteroatoms. The van der Waals surface area contributed by atoms with Crippen LogP contribution in [-0.4, -0.2) is 11.7 Å². The van der Waals surface area contributed by atoms with E-state index in [0.717, 1.165) is 22.3 Å². The van der Waals surface area contributed by atoms with Crippen molar-refractivity contribution in [1.82, 2.24) is 0 Å². The molecule has 1 unspecified atom stereocenters. The van der Waals surface area contributed by atoms with Crippen molar-refractivity contribution in [2.75, 3.05) is 6.61 Å². The van der Waals surface area contributed by atoms with E-state index < -0.39 is 11.7 Å². The van der Waals surface area contributed by atoms with Crippen molar-refractivity contribution in [2.45, 2.75) is 11.7 Å². The standard InChI is InChI=1S/C27H24O2/c28-26(22-13-5-1-6-14-22)21-29-27(23-15-7-2-8-16-23,24-17-9-3-10-18-24)25-19-11-4-12-20-25/h1-20,26,28H,21H2. The zero-order valence-electron chi connectivity index (χ0n) is 16.2. The van der Waals surface area contributed by atoms with Crippen molar-refractivity contribution in [3.05, 3.63) is 144 Å². The first-order valence-electron chi connectivity index (χ1n) is 9.84. The summed E-state index contributed by atoms with van der Waals surface area (Å²) in [6, 6.07) is 40.2. The molecule has 0 aliphatic carbocycles. The largest absolute Gasteiger partial charge is 0.386 e. The molecule has 0 radical (unpaired) electrons. The molecule has 0 spiro atoms. The summed E-state index contributed by atoms with van der Waals surface area (Å²) in [6.07, 6.45) is -0.716. The van der Waals surface area contributed by atoms with Gasteiger partial charge in [0.05, 0.1) is 6.61 Å². The van der Waals surface area contributed by atoms with E-state index in [1.54, 1.807) is 0 Å². The summed E-state index contributed by atoms with van der Waals surface area (Å²) in [4.78, 5) is 0. The maximum atomic E-state index is 10.8. The van der Waals surface area contributed by atoms with Crippen LogP contribution in [0.5, 0.6) is 0 Å². The number of aliphatic hydroxyl groups excluding tert-OH is 1. The van der Waals surface area contributed by atoms with Gasteiger partial charge in [-0.2, -0.15) is 0 Å². The maximum Gasteiger partial charge on any atom is 0.143 e. The number of rotatable bonds is 7. The van der Waals surface area contributed by atoms with Gasteiger partial charge in [0.1, 0.15) is 11.7 Å². The molecule has 1 atom stereocenters. The van der Waals surface area contributed by atoms with E-state index in [2.05, 4.69) is 36.4 Å². The molecule has 4 aromatic carbocycles. The van der Waals surface area contributed by atoms with Crippen LogP contribution in [0.15, 0.2) is 121 Å². The lowest BCUT2D eigenvalue weighted by Crippen LogP contribution is -2.34. The first-order chi connectivity index (χ1) is 14.3. The molecule has 0 bridgehead atoms. The Kier molecular flexibility index (Phi) is 5.85. The van der Waals surface area contributed by atoms with Crippen molar-refractivity contribution in [3.63, 3.8) is 0 Å². The maximum absolute atomic E-state index is 10.8. The number of ether oxygens (including phenoxy) is 1. The number of hydrogen-bond donors (Lipinski definition) is 1. The Balaban J connectivity index is 1.82. The van der Waals surface area contributed by atoms with Gasteiger partial charge < -0.3 is 9.84 Å². The molecule has 29 heavy (non-hydrogen) atoms. The van der Waals surface area contributed by atoms with Gasteiger partial charge >= 0.3 is 0 Å². The summed E-state index contributed by atoms with van der Waals surface area (Å²) >= 11 is 0. The van der Waals surface area contributed by atoms with Crippen molar-refractivity contribution < 1.29 is 9.84 Å². The first kappa shape index (κ1) is 19.1. The van der Waals surface area contributed by atoms with Crippen LogP contribution in [0.1, 0.15) is 28.4 Å². The lowest BCUT2D eigenvalue weighted by molar-refractivity contribution is -0.0390. The van der Waals surface area contributed by atoms with Crippen LogP contribution >= 0.6 is 0 Å². The fraction of sp³-hybridized carbons (Fsp3) is 0.111. The average molecular weight is 380 g/mol. The molecule has 0 aliphatic rings. The summed E-state index contributed by atoms with van der Waals surface area (Å²) in [5, 5.41) is 10.8. The lowest BCUT2D eigenvalue weighted by Gasteiger charge is -2.36. The predicted molar refractivity (Wildman–Crippen MR) is 117 cm³/mol. The highest BCUT2D eigenvalue weighted by molar-refractivity contribution is 5.47. The van der Waals surface area contributed by atoms with Gasteiger partial charge in [-0.05, 0) is 22.3 Å². The van der Waals surface area contributed by atoms with Crippen molar-refractivity contribution in [2.24, 2.45) is 0 Å². The normalized spacial score (nSPS) is 12.4. The third-order valence-corrected chi connectivity index (χ3v) is 5.18. The Morgan fingerprint density at radius 2 is 0.897 bits per heavy atom. The second-order valence-electron chi connectivity index (χ2n) is 7.02. The summed E-state index contributed by atoms with van der Waals surface area (Å²) in [7, 11) is 0. The van der Waals surface area contributed by atoms with E-state index in [4.69, 9.17) is 4.74 Å². The molecule has 4 rings (SSSR count). The van der Waals surface area contributed by atoms with Gasteiger partial charge in [-0.15, -0.1) is 0 Å². The molecule has 0 aromatic heterocycles. The summed E-state index contributed by atoms with van der Waals surface area (Å²) < 4.78 is 6.65. The van der Waals surface area contributed by atoms with Gasteiger partial charge in [-0.25, -0.2) is 0 Å². The highest BCUT2D eigenvalue weighted by atomic mass is 16.5. The number of hydrogen-bond acceptors (Lipinski definition) is 2. The van der Waals surface area contributed by atoms with Crippen LogP contribution in [0.25, 0.3) is 0 Å². The Labute approximate surface area is 172 Å². The van der Waals surface area contributed by atoms with Gasteiger partial charge in [0.2, 0.25) is 0 Å². The van der Waals surface area contributed by atoms with Gasteiger partial charge in [0, 0.05) is 0 Å². The molecule has 2 nitrogen and oxygen atoms in total. The quantitative estimate of drug-likeness (QED) is 0.415. The Hall–Kier alpha value is -3.20. The second kappa shape index (κ2) is 8.87. The van der Waals surface area contributed by atoms with E-state index in [1.807, 2.05) is 84.9 Å². The zero-order chi connectivity index (χ0) is 19.9. The van der Waals surface area contributed by atoms with E-state index in [-0.39, 0.29) is 6.61 Å². The molecule has 0 fully saturated rings. The molecule has 0 saturated heterocycles. The molecule has 1 N–H and O–H groups in total. The van der Waals surface area contributed by atoms with E-state index in [0.29, 0.717) is 0 Å². The molecule has 144 valence electrons. The summed E-state index contributed by atoms with van der Waals surface area (Å²) in [5.41, 5.74) is 3.10. The minimum Gasteiger partial charge on any atom is -0.386 e. The smallest absolute Gasteiger partial charge is 0.143 e. The fourth-order valence-corrected chi connectivity index (χ4v) is 3.74. The SMILES string of the molecule is OC(COC(c1ccccc1)(c1ccccc1)c1ccccc1)c1ccccc1. The molecular formula is C27H24O2. The van der Waals surface area contributed by atoms with Crippen molar-refractivity contribution in [1.29, 1.82) is 0 Å². The Morgan fingerprint density at radius 1 is 0.552 bits per heavy atom. The fourth-order valence-electron chi connectivity index (χ4n) is 3.74. The van der Waals surface area contributed by atoms with E-state index in [1.165, 1.54) is 0 Å². The minimum absolute atomic E-state index is 0.169. The summed E-state index contributed by atoms with van der Waals surface area (Å²) in [6.45, 7) is 0.169. The molecule has 0 saturated carbocycles. The van der Waals surface area contributed by atoms with Crippen LogP contribution in [0.3, 0.4) is 0 Å². The third kappa shape index (κ3) is 4.00. The number of aliphatic hydroxyl groups is 1. The van der Waals surface area contributed by atoms with Crippen molar-refractivity contribution in [3.8, 4) is 0 Å². The van der Waals surface area contributed by atoms with Crippen LogP contribution in [0, 0.1) is 0 Å². The van der Waals surface area contributed by atoms with Crippen LogP contribution in [-0.2, 0) is 10.3 Å². The van der Waals surface area contributed by atoms with Gasteiger partial charge in [-0.1, -0.05) is 121 Å². The van der Waals surface area contributed by atoms with Gasteiger partial charge in [0.15, 0.2) is 0 Å². The Bertz CT molecular complexity index is 903. The highest BCUT2D eigenvalue weighted by Gasteiger charge is 2.38. The van der Waals surface area contributed by atoms with E-state index >= 15 is 0 Å². The lowest BCUT2D eigenvalue weighted by atomic mass is 9.80. The highest BCUT2D eigenvalue weighted by Crippen LogP contribution is 2.41. The molecular weight excluding hydrogens is 356 g/mol. The summed E-state index contributed by atoms with van der Waals surface area (Å²) in [5.74, 6) is 0. The topological polar surface area (TPSA) is 29.5 Å². The van der Waals surface area contributed by atoms with Crippen molar-refractivity contribution >= 4 is 0 Å². The first-order valence-corrected chi connectivity index (χ1v) is 9.84. The number of benzene rings is 4. The van der Waals surface area contributed by atoms with Crippen LogP contribution < -0.4 is 0 Å². The van der Waals surface area contributed by atoms with Crippen LogP contribution in [0.2, 0.25) is 0 Å². The molecule has 0 amide bonds.